The standard InChI is InChI=1S/C21H21ClN4O2/c1-28-19-14-18(25-9-2-3-10-25)16(22)13-15(19)21(27)24-17-7-6-8-23-20(17)26-11-4-5-12-26/h2-3,6-10,13-14H,4-5,11-12H2,1H3,(H,24,27). The molecule has 144 valence electrons. The molecule has 1 fully saturated rings. The van der Waals surface area contributed by atoms with Crippen LogP contribution < -0.4 is 15.0 Å². The number of ether oxygens (including phenoxy) is 1. The maximum Gasteiger partial charge on any atom is 0.259 e. The molecule has 1 saturated heterocycles. The number of benzene rings is 1. The fourth-order valence-corrected chi connectivity index (χ4v) is 3.71. The van der Waals surface area contributed by atoms with E-state index in [9.17, 15) is 4.79 Å². The lowest BCUT2D eigenvalue weighted by molar-refractivity contribution is 0.102. The second-order valence-corrected chi connectivity index (χ2v) is 7.02. The van der Waals surface area contributed by atoms with Crippen molar-refractivity contribution in [2.45, 2.75) is 12.8 Å². The molecule has 28 heavy (non-hydrogen) atoms. The van der Waals surface area contributed by atoms with Crippen LogP contribution in [0.2, 0.25) is 5.02 Å². The van der Waals surface area contributed by atoms with Crippen molar-refractivity contribution in [1.82, 2.24) is 9.55 Å². The van der Waals surface area contributed by atoms with Gasteiger partial charge in [0.25, 0.3) is 5.91 Å². The topological polar surface area (TPSA) is 59.4 Å². The van der Waals surface area contributed by atoms with E-state index in [1.54, 1.807) is 25.4 Å². The number of nitrogens with zero attached hydrogens (tertiary/aromatic N) is 3. The summed E-state index contributed by atoms with van der Waals surface area (Å²) in [5, 5.41) is 3.44. The molecule has 1 aromatic carbocycles. The number of hydrogen-bond donors (Lipinski definition) is 1. The molecule has 0 unspecified atom stereocenters. The van der Waals surface area contributed by atoms with Crippen LogP contribution in [-0.2, 0) is 0 Å². The Bertz CT molecular complexity index is 982. The Hall–Kier alpha value is -2.99. The molecule has 6 nitrogen and oxygen atoms in total. The number of amides is 1. The number of anilines is 2. The fourth-order valence-electron chi connectivity index (χ4n) is 3.45. The highest BCUT2D eigenvalue weighted by molar-refractivity contribution is 6.33. The molecule has 3 heterocycles. The van der Waals surface area contributed by atoms with Gasteiger partial charge in [0.1, 0.15) is 5.75 Å². The van der Waals surface area contributed by atoms with Gasteiger partial charge in [-0.1, -0.05) is 11.6 Å². The van der Waals surface area contributed by atoms with Gasteiger partial charge in [-0.05, 0) is 43.2 Å². The van der Waals surface area contributed by atoms with Crippen molar-refractivity contribution >= 4 is 29.0 Å². The van der Waals surface area contributed by atoms with E-state index in [-0.39, 0.29) is 5.91 Å². The molecular weight excluding hydrogens is 376 g/mol. The van der Waals surface area contributed by atoms with Gasteiger partial charge in [-0.15, -0.1) is 0 Å². The Kier molecular flexibility index (Phi) is 5.21. The second-order valence-electron chi connectivity index (χ2n) is 6.62. The fraction of sp³-hybridized carbons (Fsp3) is 0.238. The molecule has 0 bridgehead atoms. The van der Waals surface area contributed by atoms with Gasteiger partial charge in [-0.2, -0.15) is 0 Å². The molecule has 4 rings (SSSR count). The number of halogens is 1. The van der Waals surface area contributed by atoms with Crippen LogP contribution >= 0.6 is 11.6 Å². The van der Waals surface area contributed by atoms with Gasteiger partial charge in [0.15, 0.2) is 5.82 Å². The van der Waals surface area contributed by atoms with Crippen molar-refractivity contribution in [3.05, 3.63) is 65.6 Å². The van der Waals surface area contributed by atoms with Crippen LogP contribution in [0.5, 0.6) is 5.75 Å². The Morgan fingerprint density at radius 3 is 2.64 bits per heavy atom. The highest BCUT2D eigenvalue weighted by Gasteiger charge is 2.21. The minimum Gasteiger partial charge on any atom is -0.496 e. The molecule has 7 heteroatoms. The van der Waals surface area contributed by atoms with Crippen LogP contribution in [0.3, 0.4) is 0 Å². The van der Waals surface area contributed by atoms with Crippen molar-refractivity contribution in [3.8, 4) is 11.4 Å². The van der Waals surface area contributed by atoms with Crippen LogP contribution in [-0.4, -0.2) is 35.7 Å². The summed E-state index contributed by atoms with van der Waals surface area (Å²) in [5.74, 6) is 0.964. The molecule has 1 aliphatic heterocycles. The van der Waals surface area contributed by atoms with Crippen LogP contribution in [0.1, 0.15) is 23.2 Å². The van der Waals surface area contributed by atoms with Crippen molar-refractivity contribution in [2.24, 2.45) is 0 Å². The zero-order chi connectivity index (χ0) is 19.5. The summed E-state index contributed by atoms with van der Waals surface area (Å²) in [6.45, 7) is 1.89. The summed E-state index contributed by atoms with van der Waals surface area (Å²) in [6.07, 6.45) is 7.78. The molecule has 0 saturated carbocycles. The van der Waals surface area contributed by atoms with Gasteiger partial charge in [0, 0.05) is 37.7 Å². The lowest BCUT2D eigenvalue weighted by atomic mass is 10.1. The van der Waals surface area contributed by atoms with Gasteiger partial charge in [-0.3, -0.25) is 4.79 Å². The van der Waals surface area contributed by atoms with Crippen LogP contribution in [0.15, 0.2) is 55.0 Å². The number of nitrogens with one attached hydrogen (secondary N) is 1. The minimum atomic E-state index is -0.286. The van der Waals surface area contributed by atoms with Gasteiger partial charge in [0.2, 0.25) is 0 Å². The van der Waals surface area contributed by atoms with Crippen LogP contribution in [0.25, 0.3) is 5.69 Å². The number of carbonyl (C=O) groups is 1. The zero-order valence-corrected chi connectivity index (χ0v) is 16.3. The Morgan fingerprint density at radius 1 is 1.18 bits per heavy atom. The Balaban J connectivity index is 1.65. The van der Waals surface area contributed by atoms with E-state index >= 15 is 0 Å². The van der Waals surface area contributed by atoms with E-state index < -0.39 is 0 Å². The average Bonchev–Trinajstić information content (AvgIpc) is 3.42. The van der Waals surface area contributed by atoms with E-state index in [0.29, 0.717) is 22.0 Å². The van der Waals surface area contributed by atoms with Gasteiger partial charge < -0.3 is 19.5 Å². The van der Waals surface area contributed by atoms with Gasteiger partial charge in [-0.25, -0.2) is 4.98 Å². The number of methoxy groups -OCH3 is 1. The number of carbonyl (C=O) groups excluding carboxylic acids is 1. The predicted octanol–water partition coefficient (Wildman–Crippen LogP) is 4.39. The van der Waals surface area contributed by atoms with E-state index in [2.05, 4.69) is 15.2 Å². The molecule has 0 radical (unpaired) electrons. The molecule has 3 aromatic rings. The molecule has 0 atom stereocenters. The third-order valence-electron chi connectivity index (χ3n) is 4.84. The predicted molar refractivity (Wildman–Crippen MR) is 111 cm³/mol. The monoisotopic (exact) mass is 396 g/mol. The van der Waals surface area contributed by atoms with Crippen LogP contribution in [0.4, 0.5) is 11.5 Å². The zero-order valence-electron chi connectivity index (χ0n) is 15.6. The maximum atomic E-state index is 13.0. The van der Waals surface area contributed by atoms with E-state index in [1.165, 1.54) is 0 Å². The molecule has 0 spiro atoms. The number of hydrogen-bond acceptors (Lipinski definition) is 4. The lowest BCUT2D eigenvalue weighted by Gasteiger charge is -2.20. The normalized spacial score (nSPS) is 13.6. The van der Waals surface area contributed by atoms with E-state index in [1.807, 2.05) is 41.2 Å². The number of aromatic nitrogens is 2. The number of rotatable bonds is 5. The lowest BCUT2D eigenvalue weighted by Crippen LogP contribution is -2.22. The van der Waals surface area contributed by atoms with Crippen molar-refractivity contribution < 1.29 is 9.53 Å². The molecular formula is C21H21ClN4O2. The summed E-state index contributed by atoms with van der Waals surface area (Å²) in [6, 6.07) is 10.9. The smallest absolute Gasteiger partial charge is 0.259 e. The summed E-state index contributed by atoms with van der Waals surface area (Å²) in [5.41, 5.74) is 1.81. The van der Waals surface area contributed by atoms with Crippen molar-refractivity contribution in [2.75, 3.05) is 30.4 Å². The first kappa shape index (κ1) is 18.4. The highest BCUT2D eigenvalue weighted by Crippen LogP contribution is 2.32. The van der Waals surface area contributed by atoms with E-state index in [0.717, 1.165) is 37.4 Å². The first-order valence-corrected chi connectivity index (χ1v) is 9.57. The van der Waals surface area contributed by atoms with Crippen LogP contribution in [0, 0.1) is 0 Å². The third-order valence-corrected chi connectivity index (χ3v) is 5.14. The molecule has 1 aliphatic rings. The quantitative estimate of drug-likeness (QED) is 0.695. The highest BCUT2D eigenvalue weighted by atomic mass is 35.5. The second kappa shape index (κ2) is 7.94. The molecule has 0 aliphatic carbocycles. The summed E-state index contributed by atoms with van der Waals surface area (Å²) in [4.78, 5) is 19.7. The molecule has 2 aromatic heterocycles. The minimum absolute atomic E-state index is 0.286. The summed E-state index contributed by atoms with van der Waals surface area (Å²) < 4.78 is 7.34. The average molecular weight is 397 g/mol. The molecule has 1 N–H and O–H groups in total. The third kappa shape index (κ3) is 3.55. The maximum absolute atomic E-state index is 13.0. The van der Waals surface area contributed by atoms with Crippen molar-refractivity contribution in [3.63, 3.8) is 0 Å². The largest absolute Gasteiger partial charge is 0.496 e. The Morgan fingerprint density at radius 2 is 1.93 bits per heavy atom. The van der Waals surface area contributed by atoms with Gasteiger partial charge in [0.05, 0.1) is 29.1 Å². The first-order chi connectivity index (χ1) is 13.7. The summed E-state index contributed by atoms with van der Waals surface area (Å²) >= 11 is 6.45. The Labute approximate surface area is 168 Å². The van der Waals surface area contributed by atoms with E-state index in [4.69, 9.17) is 16.3 Å². The first-order valence-electron chi connectivity index (χ1n) is 9.19. The SMILES string of the molecule is COc1cc(-n2cccc2)c(Cl)cc1C(=O)Nc1cccnc1N1CCCC1. The number of pyridine rings is 1. The molecule has 1 amide bonds. The van der Waals surface area contributed by atoms with Gasteiger partial charge >= 0.3 is 0 Å². The summed E-state index contributed by atoms with van der Waals surface area (Å²) in [7, 11) is 1.54. The van der Waals surface area contributed by atoms with Crippen molar-refractivity contribution in [1.29, 1.82) is 0 Å².